The van der Waals surface area contributed by atoms with Gasteiger partial charge in [0.05, 0.1) is 19.7 Å². The van der Waals surface area contributed by atoms with Gasteiger partial charge in [0.1, 0.15) is 12.1 Å². The molecule has 1 fully saturated rings. The number of ether oxygens (including phenoxy) is 1. The minimum atomic E-state index is -0.776. The zero-order chi connectivity index (χ0) is 17.7. The van der Waals surface area contributed by atoms with Gasteiger partial charge in [0.25, 0.3) is 5.91 Å². The zero-order valence-electron chi connectivity index (χ0n) is 14.5. The molecule has 0 aliphatic heterocycles. The van der Waals surface area contributed by atoms with E-state index in [0.29, 0.717) is 6.54 Å². The summed E-state index contributed by atoms with van der Waals surface area (Å²) in [5.74, 6) is -0.0755. The van der Waals surface area contributed by atoms with Crippen LogP contribution in [0.5, 0.6) is 5.75 Å². The normalized spacial score (nSPS) is 17.5. The Bertz CT molecular complexity index is 640. The van der Waals surface area contributed by atoms with Crippen LogP contribution in [0, 0.1) is 23.1 Å². The Morgan fingerprint density at radius 1 is 1.54 bits per heavy atom. The number of amides is 1. The molecule has 1 unspecified atom stereocenters. The van der Waals surface area contributed by atoms with Crippen molar-refractivity contribution >= 4 is 5.91 Å². The van der Waals surface area contributed by atoms with Crippen LogP contribution in [0.15, 0.2) is 18.2 Å². The van der Waals surface area contributed by atoms with Crippen LogP contribution in [-0.2, 0) is 11.3 Å². The molecule has 130 valence electrons. The van der Waals surface area contributed by atoms with E-state index in [0.717, 1.165) is 29.8 Å². The Morgan fingerprint density at radius 3 is 2.75 bits per heavy atom. The van der Waals surface area contributed by atoms with E-state index in [4.69, 9.17) is 4.74 Å². The summed E-state index contributed by atoms with van der Waals surface area (Å²) in [7, 11) is 1.43. The van der Waals surface area contributed by atoms with Crippen molar-refractivity contribution in [2.45, 2.75) is 38.8 Å². The van der Waals surface area contributed by atoms with Crippen LogP contribution in [-0.4, -0.2) is 31.6 Å². The molecule has 2 rings (SSSR count). The van der Waals surface area contributed by atoms with Gasteiger partial charge in [0, 0.05) is 5.56 Å². The van der Waals surface area contributed by atoms with E-state index in [1.165, 1.54) is 13.2 Å². The number of carbonyl (C=O) groups is 1. The lowest BCUT2D eigenvalue weighted by atomic mass is 9.98. The fraction of sp³-hybridized carbons (Fsp3) is 0.556. The first-order chi connectivity index (χ1) is 11.4. The lowest BCUT2D eigenvalue weighted by molar-refractivity contribution is -0.904. The van der Waals surface area contributed by atoms with E-state index in [1.54, 1.807) is 19.1 Å². The second-order valence-electron chi connectivity index (χ2n) is 6.56. The van der Waals surface area contributed by atoms with Crippen LogP contribution >= 0.6 is 0 Å². The molecular formula is C18H25FN3O2+. The molecule has 1 aromatic carbocycles. The Balaban J connectivity index is 1.95. The van der Waals surface area contributed by atoms with Crippen LogP contribution in [0.3, 0.4) is 0 Å². The molecule has 0 spiro atoms. The number of likely N-dealkylation sites (N-methyl/N-ethyl adjacent to an activating group) is 1. The lowest BCUT2D eigenvalue weighted by Crippen LogP contribution is -3.11. The molecule has 1 saturated carbocycles. The van der Waals surface area contributed by atoms with Crippen molar-refractivity contribution in [1.82, 2.24) is 5.32 Å². The zero-order valence-corrected chi connectivity index (χ0v) is 14.5. The Morgan fingerprint density at radius 2 is 2.25 bits per heavy atom. The van der Waals surface area contributed by atoms with E-state index in [-0.39, 0.29) is 24.1 Å². The summed E-state index contributed by atoms with van der Waals surface area (Å²) in [6.07, 6.45) is 1.97. The largest absolute Gasteiger partial charge is 0.494 e. The van der Waals surface area contributed by atoms with Gasteiger partial charge in [-0.1, -0.05) is 0 Å². The first-order valence-corrected chi connectivity index (χ1v) is 8.30. The number of quaternary nitrogens is 1. The van der Waals surface area contributed by atoms with E-state index in [9.17, 15) is 14.4 Å². The van der Waals surface area contributed by atoms with E-state index >= 15 is 0 Å². The van der Waals surface area contributed by atoms with Gasteiger partial charge in [0.2, 0.25) is 0 Å². The maximum atomic E-state index is 13.8. The van der Waals surface area contributed by atoms with Gasteiger partial charge in [0.15, 0.2) is 18.1 Å². The number of hydrogen-bond acceptors (Lipinski definition) is 3. The summed E-state index contributed by atoms with van der Waals surface area (Å²) >= 11 is 0. The standard InChI is InChI=1S/C18H24FN3O2/c1-4-22(10-13-5-8-16(24-3)15(19)9-13)11-17(23)21-18(2,12-20)14-6-7-14/h5,8-9,14H,4,6-7,10-11H2,1-3H3,(H,21,23)/p+1/t18-/m0/s1. The van der Waals surface area contributed by atoms with E-state index in [2.05, 4.69) is 11.4 Å². The molecule has 1 aliphatic rings. The fourth-order valence-electron chi connectivity index (χ4n) is 2.86. The molecule has 2 atom stereocenters. The summed E-state index contributed by atoms with van der Waals surface area (Å²) in [5, 5.41) is 12.2. The maximum Gasteiger partial charge on any atom is 0.276 e. The highest BCUT2D eigenvalue weighted by atomic mass is 19.1. The third-order valence-corrected chi connectivity index (χ3v) is 4.61. The molecule has 0 bridgehead atoms. The SMILES string of the molecule is CC[NH+](CC(=O)N[C@@](C)(C#N)C1CC1)Cc1ccc(OC)c(F)c1. The quantitative estimate of drug-likeness (QED) is 0.747. The number of hydrogen-bond donors (Lipinski definition) is 2. The second-order valence-corrected chi connectivity index (χ2v) is 6.56. The van der Waals surface area contributed by atoms with Gasteiger partial charge in [-0.3, -0.25) is 4.79 Å². The number of nitrogens with zero attached hydrogens (tertiary/aromatic N) is 1. The monoisotopic (exact) mass is 334 g/mol. The second kappa shape index (κ2) is 7.63. The predicted molar refractivity (Wildman–Crippen MR) is 87.9 cm³/mol. The Labute approximate surface area is 142 Å². The van der Waals surface area contributed by atoms with Gasteiger partial charge in [-0.25, -0.2) is 4.39 Å². The maximum absolute atomic E-state index is 13.8. The molecule has 0 saturated heterocycles. The number of nitrogens with one attached hydrogen (secondary N) is 2. The average Bonchev–Trinajstić information content (AvgIpc) is 3.39. The van der Waals surface area contributed by atoms with Gasteiger partial charge in [-0.05, 0) is 50.8 Å². The summed E-state index contributed by atoms with van der Waals surface area (Å²) in [6.45, 7) is 5.29. The molecule has 6 heteroatoms. The highest BCUT2D eigenvalue weighted by Crippen LogP contribution is 2.39. The van der Waals surface area contributed by atoms with Gasteiger partial charge >= 0.3 is 0 Å². The number of carbonyl (C=O) groups excluding carboxylic acids is 1. The molecule has 0 radical (unpaired) electrons. The number of halogens is 1. The van der Waals surface area contributed by atoms with Crippen molar-refractivity contribution < 1.29 is 18.8 Å². The average molecular weight is 334 g/mol. The minimum Gasteiger partial charge on any atom is -0.494 e. The summed E-state index contributed by atoms with van der Waals surface area (Å²) in [5.41, 5.74) is 0.0329. The van der Waals surface area contributed by atoms with E-state index in [1.807, 2.05) is 6.92 Å². The number of rotatable bonds is 8. The molecule has 1 amide bonds. The van der Waals surface area contributed by atoms with Crippen LogP contribution in [0.4, 0.5) is 4.39 Å². The van der Waals surface area contributed by atoms with Crippen molar-refractivity contribution in [1.29, 1.82) is 5.26 Å². The van der Waals surface area contributed by atoms with Crippen molar-refractivity contribution in [3.8, 4) is 11.8 Å². The molecule has 2 N–H and O–H groups in total. The topological polar surface area (TPSA) is 66.6 Å². The highest BCUT2D eigenvalue weighted by molar-refractivity contribution is 5.78. The van der Waals surface area contributed by atoms with Gasteiger partial charge < -0.3 is 15.0 Å². The van der Waals surface area contributed by atoms with Crippen molar-refractivity contribution in [3.63, 3.8) is 0 Å². The molecule has 5 nitrogen and oxygen atoms in total. The Kier molecular flexibility index (Phi) is 5.79. The predicted octanol–water partition coefficient (Wildman–Crippen LogP) is 1.05. The van der Waals surface area contributed by atoms with Crippen molar-refractivity contribution in [2.24, 2.45) is 5.92 Å². The molecule has 1 aliphatic carbocycles. The summed E-state index contributed by atoms with van der Waals surface area (Å²) in [6, 6.07) is 7.07. The third-order valence-electron chi connectivity index (χ3n) is 4.61. The number of nitriles is 1. The minimum absolute atomic E-state index is 0.142. The lowest BCUT2D eigenvalue weighted by Gasteiger charge is -2.24. The molecule has 24 heavy (non-hydrogen) atoms. The van der Waals surface area contributed by atoms with Crippen molar-refractivity contribution in [2.75, 3.05) is 20.2 Å². The number of methoxy groups -OCH3 is 1. The van der Waals surface area contributed by atoms with Gasteiger partial charge in [-0.2, -0.15) is 5.26 Å². The molecule has 0 heterocycles. The fourth-order valence-corrected chi connectivity index (χ4v) is 2.86. The summed E-state index contributed by atoms with van der Waals surface area (Å²) in [4.78, 5) is 13.3. The van der Waals surface area contributed by atoms with Crippen LogP contribution in [0.1, 0.15) is 32.3 Å². The Hall–Kier alpha value is -2.13. The van der Waals surface area contributed by atoms with Gasteiger partial charge in [-0.15, -0.1) is 0 Å². The molecule has 0 aromatic heterocycles. The van der Waals surface area contributed by atoms with Crippen LogP contribution in [0.25, 0.3) is 0 Å². The third kappa shape index (κ3) is 4.45. The van der Waals surface area contributed by atoms with Crippen molar-refractivity contribution in [3.05, 3.63) is 29.6 Å². The molecule has 1 aromatic rings. The first-order valence-electron chi connectivity index (χ1n) is 8.30. The highest BCUT2D eigenvalue weighted by Gasteiger charge is 2.43. The first kappa shape index (κ1) is 18.2. The smallest absolute Gasteiger partial charge is 0.276 e. The molecular weight excluding hydrogens is 309 g/mol. The number of benzene rings is 1. The van der Waals surface area contributed by atoms with Crippen LogP contribution in [0.2, 0.25) is 0 Å². The van der Waals surface area contributed by atoms with Crippen LogP contribution < -0.4 is 15.0 Å². The van der Waals surface area contributed by atoms with E-state index < -0.39 is 11.4 Å². The summed E-state index contributed by atoms with van der Waals surface area (Å²) < 4.78 is 18.7.